The highest BCUT2D eigenvalue weighted by atomic mass is 19.4. The number of piperidine rings is 1. The predicted octanol–water partition coefficient (Wildman–Crippen LogP) is -1.69. The number of hydrogen-bond acceptors (Lipinski definition) is 14. The number of aryl methyl sites for hydroxylation is 2. The van der Waals surface area contributed by atoms with E-state index in [4.69, 9.17) is 30.6 Å². The van der Waals surface area contributed by atoms with Crippen LogP contribution in [0.4, 0.5) is 32.2 Å². The van der Waals surface area contributed by atoms with Crippen molar-refractivity contribution in [2.75, 3.05) is 32.0 Å². The number of benzene rings is 1. The van der Waals surface area contributed by atoms with Gasteiger partial charge in [0.25, 0.3) is 17.6 Å². The number of nitrogens with one attached hydrogen (secondary N) is 3. The minimum Gasteiger partial charge on any atom is -0.542 e. The minimum atomic E-state index is -5.19. The van der Waals surface area contributed by atoms with Crippen molar-refractivity contribution in [1.82, 2.24) is 35.1 Å². The van der Waals surface area contributed by atoms with Crippen molar-refractivity contribution in [2.45, 2.75) is 89.1 Å². The van der Waals surface area contributed by atoms with Gasteiger partial charge >= 0.3 is 18.3 Å². The number of aliphatic hydroxyl groups is 5. The zero-order valence-electron chi connectivity index (χ0n) is 32.4. The molecule has 0 radical (unpaired) electrons. The summed E-state index contributed by atoms with van der Waals surface area (Å²) >= 11 is 0. The molecular weight excluding hydrogens is 836 g/mol. The molecule has 61 heavy (non-hydrogen) atoms. The second-order valence-electron chi connectivity index (χ2n) is 13.4. The number of H-pyrrole nitrogens is 1. The molecular formula is C35H45F6N9O11. The third-order valence-electron chi connectivity index (χ3n) is 9.28. The highest BCUT2D eigenvalue weighted by Gasteiger charge is 2.38. The zero-order valence-corrected chi connectivity index (χ0v) is 32.4. The van der Waals surface area contributed by atoms with Crippen molar-refractivity contribution in [1.29, 1.82) is 0 Å². The van der Waals surface area contributed by atoms with Crippen LogP contribution in [0.5, 0.6) is 0 Å². The Balaban J connectivity index is 0.000000609. The lowest BCUT2D eigenvalue weighted by molar-refractivity contribution is -0.676. The molecule has 4 heterocycles. The molecule has 2 amide bonds. The van der Waals surface area contributed by atoms with Crippen LogP contribution in [0.15, 0.2) is 30.5 Å². The normalized spacial score (nSPS) is 15.8. The summed E-state index contributed by atoms with van der Waals surface area (Å²) in [5.74, 6) is -5.53. The number of rotatable bonds is 13. The van der Waals surface area contributed by atoms with E-state index in [0.717, 1.165) is 16.9 Å². The molecule has 4 atom stereocenters. The molecule has 338 valence electrons. The number of aliphatic carboxylic acids is 2. The first-order valence-electron chi connectivity index (χ1n) is 18.3. The number of aromatic nitrogens is 5. The highest BCUT2D eigenvalue weighted by Crippen LogP contribution is 2.20. The van der Waals surface area contributed by atoms with Crippen molar-refractivity contribution >= 4 is 51.8 Å². The van der Waals surface area contributed by atoms with Gasteiger partial charge in [-0.1, -0.05) is 0 Å². The van der Waals surface area contributed by atoms with E-state index >= 15 is 0 Å². The topological polar surface area (TPSA) is 316 Å². The number of anilines is 1. The lowest BCUT2D eigenvalue weighted by atomic mass is 10.0. The Kier molecular flexibility index (Phi) is 17.3. The van der Waals surface area contributed by atoms with Gasteiger partial charge in [-0.15, -0.1) is 0 Å². The summed E-state index contributed by atoms with van der Waals surface area (Å²) in [5.41, 5.74) is 9.39. The number of β-amino-alcohol motifs (C(OH)–C–C–N with tert-alkyl or cyclic N) is 1. The number of aliphatic hydroxyl groups excluding tert-OH is 5. The van der Waals surface area contributed by atoms with Crippen molar-refractivity contribution in [2.24, 2.45) is 0 Å². The molecule has 0 saturated carbocycles. The second-order valence-corrected chi connectivity index (χ2v) is 13.4. The number of nitrogens with two attached hydrogens (primary N) is 1. The van der Waals surface area contributed by atoms with Crippen LogP contribution in [0, 0.1) is 0 Å². The molecule has 1 saturated heterocycles. The van der Waals surface area contributed by atoms with Gasteiger partial charge in [0, 0.05) is 43.5 Å². The van der Waals surface area contributed by atoms with Crippen LogP contribution in [0.2, 0.25) is 0 Å². The van der Waals surface area contributed by atoms with Crippen LogP contribution in [0.25, 0.3) is 22.2 Å². The molecule has 0 spiro atoms. The number of nitrogen functional groups attached to an aromatic ring is 1. The SMILES string of the molecule is CCn1c(CNC(=O)c2nc3cc[nH]c3nc2N)[n+](CC)c2ccc(C(=O)NC3CCN(CC(O)C(O)C(O)C(O)CO)CC3)cc21.O=C(O)C(F)(F)F.O=C([O-])C(F)(F)F. The zero-order chi connectivity index (χ0) is 46.0. The molecule has 1 aliphatic rings. The number of nitrogens with zero attached hydrogens (tertiary/aromatic N) is 5. The summed E-state index contributed by atoms with van der Waals surface area (Å²) in [6.07, 6.45) is -13.5. The van der Waals surface area contributed by atoms with Crippen LogP contribution in [0.1, 0.15) is 53.4 Å². The first kappa shape index (κ1) is 49.7. The van der Waals surface area contributed by atoms with Crippen LogP contribution < -0.4 is 26.0 Å². The quantitative estimate of drug-likeness (QED) is 0.0530. The Morgan fingerprint density at radius 3 is 2.08 bits per heavy atom. The highest BCUT2D eigenvalue weighted by molar-refractivity contribution is 5.98. The summed E-state index contributed by atoms with van der Waals surface area (Å²) in [4.78, 5) is 57.5. The van der Waals surface area contributed by atoms with Gasteiger partial charge < -0.3 is 66.8 Å². The van der Waals surface area contributed by atoms with E-state index < -0.39 is 61.2 Å². The molecule has 4 unspecified atom stereocenters. The maximum Gasteiger partial charge on any atom is 0.490 e. The molecule has 20 nitrogen and oxygen atoms in total. The monoisotopic (exact) mass is 881 g/mol. The summed E-state index contributed by atoms with van der Waals surface area (Å²) < 4.78 is 67.4. The number of halogens is 6. The van der Waals surface area contributed by atoms with Crippen molar-refractivity contribution < 1.29 is 85.8 Å². The third kappa shape index (κ3) is 13.2. The lowest BCUT2D eigenvalue weighted by Crippen LogP contribution is -2.52. The molecule has 5 rings (SSSR count). The van der Waals surface area contributed by atoms with Gasteiger partial charge in [0.05, 0.1) is 25.8 Å². The summed E-state index contributed by atoms with van der Waals surface area (Å²) in [6.45, 7) is 5.90. The standard InChI is InChI=1S/C31H43N9O7.2C2HF3O2/c1-3-39-20-6-5-17(30(46)35-18-8-11-38(12-9-18)15-22(42)26(44)27(45)23(43)16-41)13-21(20)40(4-2)24(39)14-34-31(47)25-28(32)37-29-19(36-25)7-10-33-29;2*3-2(4,5)1(6)7/h5-7,10,13,18,22-23,26-27,41-45H,3-4,8-9,11-12,14-16H2,1-2H3,(H4-,32,33,34,35,36,37,46,47);2*(H,6,7). The number of fused-ring (bicyclic) bond motifs is 2. The van der Waals surface area contributed by atoms with E-state index in [-0.39, 0.29) is 36.6 Å². The van der Waals surface area contributed by atoms with Gasteiger partial charge in [-0.05, 0) is 44.9 Å². The van der Waals surface area contributed by atoms with E-state index in [1.54, 1.807) is 18.3 Å². The maximum atomic E-state index is 13.3. The van der Waals surface area contributed by atoms with Gasteiger partial charge in [-0.3, -0.25) is 9.59 Å². The first-order valence-corrected chi connectivity index (χ1v) is 18.3. The first-order chi connectivity index (χ1) is 28.4. The van der Waals surface area contributed by atoms with Crippen LogP contribution >= 0.6 is 0 Å². The van der Waals surface area contributed by atoms with E-state index in [1.165, 1.54) is 0 Å². The average molecular weight is 882 g/mol. The number of carboxylic acids is 2. The van der Waals surface area contributed by atoms with Gasteiger partial charge in [0.15, 0.2) is 28.2 Å². The predicted molar refractivity (Wildman–Crippen MR) is 196 cm³/mol. The molecule has 1 aromatic carbocycles. The Bertz CT molecular complexity index is 2120. The fourth-order valence-electron chi connectivity index (χ4n) is 6.19. The van der Waals surface area contributed by atoms with Gasteiger partial charge in [-0.2, -0.15) is 26.3 Å². The number of carboxylic acid groups (broad SMARTS) is 2. The van der Waals surface area contributed by atoms with E-state index in [0.29, 0.717) is 55.7 Å². The van der Waals surface area contributed by atoms with Crippen LogP contribution in [0.3, 0.4) is 0 Å². The van der Waals surface area contributed by atoms with E-state index in [9.17, 15) is 56.4 Å². The van der Waals surface area contributed by atoms with Crippen molar-refractivity contribution in [3.63, 3.8) is 0 Å². The Morgan fingerprint density at radius 2 is 1.56 bits per heavy atom. The Morgan fingerprint density at radius 1 is 0.967 bits per heavy atom. The number of aromatic amines is 1. The number of likely N-dealkylation sites (tertiary alicyclic amines) is 1. The summed E-state index contributed by atoms with van der Waals surface area (Å²) in [7, 11) is 0. The second kappa shape index (κ2) is 21.2. The van der Waals surface area contributed by atoms with Gasteiger partial charge in [0.1, 0.15) is 36.3 Å². The molecule has 0 bridgehead atoms. The third-order valence-corrected chi connectivity index (χ3v) is 9.28. The maximum absolute atomic E-state index is 13.3. The Labute approximate surface area is 341 Å². The summed E-state index contributed by atoms with van der Waals surface area (Å²) in [6, 6.07) is 7.17. The van der Waals surface area contributed by atoms with Gasteiger partial charge in [0.2, 0.25) is 0 Å². The van der Waals surface area contributed by atoms with Crippen LogP contribution in [-0.2, 0) is 29.2 Å². The van der Waals surface area contributed by atoms with Gasteiger partial charge in [-0.25, -0.2) is 23.9 Å². The molecule has 3 aromatic heterocycles. The molecule has 0 aliphatic carbocycles. The lowest BCUT2D eigenvalue weighted by Gasteiger charge is -2.35. The largest absolute Gasteiger partial charge is 0.542 e. The number of imidazole rings is 1. The number of carbonyl (C=O) groups is 4. The molecule has 4 aromatic rings. The fourth-order valence-corrected chi connectivity index (χ4v) is 6.19. The molecule has 26 heteroatoms. The summed E-state index contributed by atoms with van der Waals surface area (Å²) in [5, 5.41) is 70.8. The Hall–Kier alpha value is -5.67. The van der Waals surface area contributed by atoms with E-state index in [2.05, 4.69) is 34.7 Å². The number of hydrogen-bond donors (Lipinski definition) is 10. The fraction of sp³-hybridized carbons (Fsp3) is 0.514. The average Bonchev–Trinajstić information content (AvgIpc) is 3.79. The minimum absolute atomic E-state index is 0.0318. The van der Waals surface area contributed by atoms with Crippen molar-refractivity contribution in [3.05, 3.63) is 47.5 Å². The molecule has 11 N–H and O–H groups in total. The molecule has 1 aliphatic heterocycles. The molecule has 1 fully saturated rings. The number of alkyl halides is 6. The van der Waals surface area contributed by atoms with Crippen LogP contribution in [-0.4, -0.2) is 148 Å². The smallest absolute Gasteiger partial charge is 0.490 e. The van der Waals surface area contributed by atoms with E-state index in [1.807, 2.05) is 30.9 Å². The number of carbonyl (C=O) groups excluding carboxylic acids is 3. The van der Waals surface area contributed by atoms with Crippen molar-refractivity contribution in [3.8, 4) is 0 Å². The number of amides is 2.